The van der Waals surface area contributed by atoms with E-state index in [1.54, 1.807) is 11.7 Å². The molecule has 0 saturated carbocycles. The first-order valence-electron chi connectivity index (χ1n) is 5.62. The van der Waals surface area contributed by atoms with Crippen LogP contribution in [-0.2, 0) is 23.1 Å². The monoisotopic (exact) mass is 240 g/mol. The predicted octanol–water partition coefficient (Wildman–Crippen LogP) is 0.814. The second-order valence-electron chi connectivity index (χ2n) is 4.06. The number of hydrogen-bond donors (Lipinski definition) is 1. The number of carboxylic acids is 1. The molecule has 1 saturated heterocycles. The lowest BCUT2D eigenvalue weighted by Crippen LogP contribution is -2.24. The van der Waals surface area contributed by atoms with Gasteiger partial charge in [0.15, 0.2) is 0 Å². The number of nitrogens with zero attached hydrogens (tertiary/aromatic N) is 2. The van der Waals surface area contributed by atoms with E-state index in [4.69, 9.17) is 14.6 Å². The third kappa shape index (κ3) is 2.83. The molecule has 0 radical (unpaired) electrons. The van der Waals surface area contributed by atoms with Crippen LogP contribution in [0.5, 0.6) is 0 Å². The number of aromatic nitrogens is 2. The fourth-order valence-corrected chi connectivity index (χ4v) is 1.85. The van der Waals surface area contributed by atoms with E-state index in [1.165, 1.54) is 6.20 Å². The molecule has 0 aromatic carbocycles. The van der Waals surface area contributed by atoms with Crippen LogP contribution in [0.15, 0.2) is 6.20 Å². The normalized spacial score (nSPS) is 17.2. The van der Waals surface area contributed by atoms with Gasteiger partial charge in [-0.25, -0.2) is 4.79 Å². The molecule has 1 aliphatic rings. The number of rotatable bonds is 4. The van der Waals surface area contributed by atoms with Gasteiger partial charge in [-0.2, -0.15) is 5.10 Å². The lowest BCUT2D eigenvalue weighted by atomic mass is 10.1. The zero-order valence-electron chi connectivity index (χ0n) is 9.76. The minimum absolute atomic E-state index is 0.153. The Bertz CT molecular complexity index is 396. The van der Waals surface area contributed by atoms with Crippen molar-refractivity contribution in [1.29, 1.82) is 0 Å². The molecule has 0 atom stereocenters. The lowest BCUT2D eigenvalue weighted by Gasteiger charge is -2.22. The van der Waals surface area contributed by atoms with Crippen LogP contribution in [0, 0.1) is 0 Å². The first-order valence-corrected chi connectivity index (χ1v) is 5.62. The van der Waals surface area contributed by atoms with Crippen LogP contribution in [0.3, 0.4) is 0 Å². The highest BCUT2D eigenvalue weighted by molar-refractivity contribution is 5.88. The van der Waals surface area contributed by atoms with Gasteiger partial charge in [-0.15, -0.1) is 0 Å². The zero-order valence-corrected chi connectivity index (χ0v) is 9.76. The minimum Gasteiger partial charge on any atom is -0.478 e. The fourth-order valence-electron chi connectivity index (χ4n) is 1.85. The summed E-state index contributed by atoms with van der Waals surface area (Å²) in [6, 6.07) is 0. The van der Waals surface area contributed by atoms with Crippen molar-refractivity contribution in [2.24, 2.45) is 7.05 Å². The molecule has 2 rings (SSSR count). The van der Waals surface area contributed by atoms with Gasteiger partial charge in [0, 0.05) is 20.3 Å². The zero-order chi connectivity index (χ0) is 12.3. The molecule has 17 heavy (non-hydrogen) atoms. The third-order valence-corrected chi connectivity index (χ3v) is 2.92. The maximum Gasteiger partial charge on any atom is 0.339 e. The van der Waals surface area contributed by atoms with Gasteiger partial charge in [0.2, 0.25) is 0 Å². The Hall–Kier alpha value is -1.40. The Balaban J connectivity index is 1.97. The van der Waals surface area contributed by atoms with Gasteiger partial charge in [0.05, 0.1) is 24.6 Å². The summed E-state index contributed by atoms with van der Waals surface area (Å²) in [7, 11) is 1.72. The van der Waals surface area contributed by atoms with Crippen molar-refractivity contribution < 1.29 is 19.4 Å². The van der Waals surface area contributed by atoms with Crippen molar-refractivity contribution in [3.8, 4) is 0 Å². The molecule has 1 aliphatic heterocycles. The number of aryl methyl sites for hydroxylation is 1. The standard InChI is InChI=1S/C11H16N2O4/c1-13-10(9(6-12-13)11(14)15)7-17-8-2-4-16-5-3-8/h6,8H,2-5,7H2,1H3,(H,14,15). The predicted molar refractivity (Wildman–Crippen MR) is 58.8 cm³/mol. The van der Waals surface area contributed by atoms with Crippen molar-refractivity contribution in [3.63, 3.8) is 0 Å². The molecule has 6 nitrogen and oxygen atoms in total. The van der Waals surface area contributed by atoms with E-state index in [0.717, 1.165) is 12.8 Å². The molecule has 0 spiro atoms. The topological polar surface area (TPSA) is 73.6 Å². The smallest absolute Gasteiger partial charge is 0.339 e. The quantitative estimate of drug-likeness (QED) is 0.843. The highest BCUT2D eigenvalue weighted by atomic mass is 16.5. The Morgan fingerprint density at radius 3 is 3.00 bits per heavy atom. The number of aromatic carboxylic acids is 1. The summed E-state index contributed by atoms with van der Waals surface area (Å²) in [5, 5.41) is 12.9. The van der Waals surface area contributed by atoms with Gasteiger partial charge < -0.3 is 14.6 Å². The molecule has 0 unspecified atom stereocenters. The van der Waals surface area contributed by atoms with Gasteiger partial charge in [-0.3, -0.25) is 4.68 Å². The van der Waals surface area contributed by atoms with E-state index >= 15 is 0 Å². The van der Waals surface area contributed by atoms with E-state index < -0.39 is 5.97 Å². The molecular formula is C11H16N2O4. The van der Waals surface area contributed by atoms with Gasteiger partial charge in [-0.1, -0.05) is 0 Å². The molecule has 0 amide bonds. The minimum atomic E-state index is -0.969. The fraction of sp³-hybridized carbons (Fsp3) is 0.636. The Labute approximate surface area is 99.1 Å². The lowest BCUT2D eigenvalue weighted by molar-refractivity contribution is -0.0408. The molecule has 0 bridgehead atoms. The van der Waals surface area contributed by atoms with E-state index in [1.807, 2.05) is 0 Å². The van der Waals surface area contributed by atoms with Crippen LogP contribution in [0.25, 0.3) is 0 Å². The largest absolute Gasteiger partial charge is 0.478 e. The second kappa shape index (κ2) is 5.29. The summed E-state index contributed by atoms with van der Waals surface area (Å²) < 4.78 is 12.5. The first-order chi connectivity index (χ1) is 8.18. The molecule has 94 valence electrons. The van der Waals surface area contributed by atoms with Gasteiger partial charge in [0.1, 0.15) is 5.56 Å². The SMILES string of the molecule is Cn1ncc(C(=O)O)c1COC1CCOCC1. The number of ether oxygens (including phenoxy) is 2. The summed E-state index contributed by atoms with van der Waals surface area (Å²) in [6.45, 7) is 1.70. The van der Waals surface area contributed by atoms with Crippen molar-refractivity contribution in [2.75, 3.05) is 13.2 Å². The number of carboxylic acid groups (broad SMARTS) is 1. The van der Waals surface area contributed by atoms with E-state index in [9.17, 15) is 4.79 Å². The number of carbonyl (C=O) groups is 1. The van der Waals surface area contributed by atoms with Crippen LogP contribution in [0.4, 0.5) is 0 Å². The van der Waals surface area contributed by atoms with Crippen LogP contribution in [-0.4, -0.2) is 40.2 Å². The van der Waals surface area contributed by atoms with Crippen LogP contribution in [0.2, 0.25) is 0 Å². The molecule has 2 heterocycles. The van der Waals surface area contributed by atoms with Crippen LogP contribution < -0.4 is 0 Å². The average Bonchev–Trinajstić information content (AvgIpc) is 2.69. The summed E-state index contributed by atoms with van der Waals surface area (Å²) in [5.41, 5.74) is 0.809. The summed E-state index contributed by atoms with van der Waals surface area (Å²) in [4.78, 5) is 11.0. The summed E-state index contributed by atoms with van der Waals surface area (Å²) >= 11 is 0. The highest BCUT2D eigenvalue weighted by Crippen LogP contribution is 2.15. The molecule has 1 aromatic heterocycles. The van der Waals surface area contributed by atoms with Crippen molar-refractivity contribution in [3.05, 3.63) is 17.5 Å². The van der Waals surface area contributed by atoms with E-state index in [-0.39, 0.29) is 18.3 Å². The number of hydrogen-bond acceptors (Lipinski definition) is 4. The van der Waals surface area contributed by atoms with Crippen molar-refractivity contribution in [2.45, 2.75) is 25.6 Å². The van der Waals surface area contributed by atoms with Crippen molar-refractivity contribution in [1.82, 2.24) is 9.78 Å². The highest BCUT2D eigenvalue weighted by Gasteiger charge is 2.18. The van der Waals surface area contributed by atoms with Gasteiger partial charge in [-0.05, 0) is 12.8 Å². The van der Waals surface area contributed by atoms with E-state index in [0.29, 0.717) is 18.9 Å². The summed E-state index contributed by atoms with van der Waals surface area (Å²) in [5.74, 6) is -0.969. The first kappa shape index (κ1) is 12.1. The van der Waals surface area contributed by atoms with Gasteiger partial charge in [0.25, 0.3) is 0 Å². The molecule has 1 fully saturated rings. The van der Waals surface area contributed by atoms with Crippen LogP contribution >= 0.6 is 0 Å². The maximum absolute atomic E-state index is 11.0. The van der Waals surface area contributed by atoms with Crippen molar-refractivity contribution >= 4 is 5.97 Å². The molecule has 6 heteroatoms. The summed E-state index contributed by atoms with van der Waals surface area (Å²) in [6.07, 6.45) is 3.23. The average molecular weight is 240 g/mol. The molecule has 1 N–H and O–H groups in total. The van der Waals surface area contributed by atoms with Gasteiger partial charge >= 0.3 is 5.97 Å². The molecule has 0 aliphatic carbocycles. The van der Waals surface area contributed by atoms with E-state index in [2.05, 4.69) is 5.10 Å². The van der Waals surface area contributed by atoms with Crippen LogP contribution in [0.1, 0.15) is 28.9 Å². The molecule has 1 aromatic rings. The Morgan fingerprint density at radius 1 is 1.65 bits per heavy atom. The Morgan fingerprint density at radius 2 is 2.35 bits per heavy atom. The maximum atomic E-state index is 11.0. The second-order valence-corrected chi connectivity index (χ2v) is 4.06. The Kier molecular flexibility index (Phi) is 3.75. The third-order valence-electron chi connectivity index (χ3n) is 2.92. The molecular weight excluding hydrogens is 224 g/mol.